The third-order valence-corrected chi connectivity index (χ3v) is 6.39. The van der Waals surface area contributed by atoms with E-state index in [9.17, 15) is 9.59 Å². The zero-order chi connectivity index (χ0) is 20.1. The first-order chi connectivity index (χ1) is 13.5. The van der Waals surface area contributed by atoms with E-state index in [4.69, 9.17) is 9.47 Å². The second-order valence-corrected chi connectivity index (χ2v) is 8.68. The predicted molar refractivity (Wildman–Crippen MR) is 112 cm³/mol. The number of para-hydroxylation sites is 2. The molecule has 1 aliphatic heterocycles. The van der Waals surface area contributed by atoms with Gasteiger partial charge in [-0.05, 0) is 12.1 Å². The van der Waals surface area contributed by atoms with Gasteiger partial charge >= 0.3 is 0 Å². The molecule has 1 amide bonds. The Kier molecular flexibility index (Phi) is 7.03. The summed E-state index contributed by atoms with van der Waals surface area (Å²) in [5, 5.41) is 3.72. The zero-order valence-corrected chi connectivity index (χ0v) is 17.7. The number of nitrogens with zero attached hydrogens (tertiary/aromatic N) is 2. The van der Waals surface area contributed by atoms with Crippen molar-refractivity contribution in [2.24, 2.45) is 0 Å². The Morgan fingerprint density at radius 2 is 2.18 bits per heavy atom. The molecule has 2 heterocycles. The molecule has 0 saturated carbocycles. The molecule has 7 nitrogen and oxygen atoms in total. The van der Waals surface area contributed by atoms with E-state index in [-0.39, 0.29) is 17.2 Å². The molecular weight excluding hydrogens is 398 g/mol. The van der Waals surface area contributed by atoms with Crippen LogP contribution in [0.1, 0.15) is 12.6 Å². The largest absolute Gasteiger partial charge is 0.495 e. The number of carbonyl (C=O) groups excluding carboxylic acids is 1. The lowest BCUT2D eigenvalue weighted by Crippen LogP contribution is -2.27. The second kappa shape index (κ2) is 9.49. The standard InChI is InChI=1S/C19H23N3O4S2/c1-12-10-14-17(28-12)18(24)22(8-9-25-2)19(21-14)27-11-16(23)20-13-6-4-5-7-15(13)26-3/h4-7,12H,8-11H2,1-3H3,(H,20,23). The fraction of sp³-hybridized carbons (Fsp3) is 0.421. The minimum atomic E-state index is -0.190. The number of carbonyl (C=O) groups is 1. The van der Waals surface area contributed by atoms with E-state index in [0.717, 1.165) is 12.1 Å². The first kappa shape index (κ1) is 20.8. The molecule has 28 heavy (non-hydrogen) atoms. The molecule has 3 rings (SSSR count). The second-order valence-electron chi connectivity index (χ2n) is 6.29. The number of hydrogen-bond donors (Lipinski definition) is 1. The van der Waals surface area contributed by atoms with Gasteiger partial charge in [0.1, 0.15) is 5.75 Å². The zero-order valence-electron chi connectivity index (χ0n) is 16.1. The van der Waals surface area contributed by atoms with Gasteiger partial charge in [0.05, 0.1) is 42.3 Å². The van der Waals surface area contributed by atoms with Crippen molar-refractivity contribution in [2.75, 3.05) is 31.9 Å². The number of rotatable bonds is 8. The van der Waals surface area contributed by atoms with Crippen LogP contribution >= 0.6 is 23.5 Å². The van der Waals surface area contributed by atoms with Crippen LogP contribution < -0.4 is 15.6 Å². The van der Waals surface area contributed by atoms with Crippen molar-refractivity contribution < 1.29 is 14.3 Å². The molecule has 1 aromatic carbocycles. The van der Waals surface area contributed by atoms with Crippen LogP contribution in [-0.2, 0) is 22.5 Å². The van der Waals surface area contributed by atoms with Crippen LogP contribution in [0.5, 0.6) is 5.75 Å². The number of anilines is 1. The van der Waals surface area contributed by atoms with Gasteiger partial charge in [-0.15, -0.1) is 11.8 Å². The molecule has 0 aliphatic carbocycles. The summed E-state index contributed by atoms with van der Waals surface area (Å²) in [6.45, 7) is 2.89. The van der Waals surface area contributed by atoms with Gasteiger partial charge in [0, 0.05) is 18.8 Å². The van der Waals surface area contributed by atoms with Gasteiger partial charge in [-0.2, -0.15) is 0 Å². The van der Waals surface area contributed by atoms with E-state index in [1.807, 2.05) is 12.1 Å². The molecule has 0 spiro atoms. The van der Waals surface area contributed by atoms with E-state index in [2.05, 4.69) is 17.2 Å². The third-order valence-electron chi connectivity index (χ3n) is 4.20. The fourth-order valence-electron chi connectivity index (χ4n) is 2.89. The van der Waals surface area contributed by atoms with Gasteiger partial charge in [0.25, 0.3) is 5.56 Å². The molecule has 1 unspecified atom stereocenters. The monoisotopic (exact) mass is 421 g/mol. The number of amides is 1. The lowest BCUT2D eigenvalue weighted by molar-refractivity contribution is -0.113. The van der Waals surface area contributed by atoms with Crippen molar-refractivity contribution in [2.45, 2.75) is 35.2 Å². The number of ether oxygens (including phenoxy) is 2. The quantitative estimate of drug-likeness (QED) is 0.518. The summed E-state index contributed by atoms with van der Waals surface area (Å²) >= 11 is 2.82. The van der Waals surface area contributed by atoms with E-state index >= 15 is 0 Å². The summed E-state index contributed by atoms with van der Waals surface area (Å²) in [5.41, 5.74) is 1.38. The van der Waals surface area contributed by atoms with Crippen LogP contribution in [-0.4, -0.2) is 47.3 Å². The molecule has 1 N–H and O–H groups in total. The third kappa shape index (κ3) is 4.71. The van der Waals surface area contributed by atoms with Crippen LogP contribution in [0, 0.1) is 0 Å². The van der Waals surface area contributed by atoms with Gasteiger partial charge in [-0.1, -0.05) is 30.8 Å². The van der Waals surface area contributed by atoms with Gasteiger partial charge in [0.15, 0.2) is 5.16 Å². The summed E-state index contributed by atoms with van der Waals surface area (Å²) in [4.78, 5) is 30.7. The summed E-state index contributed by atoms with van der Waals surface area (Å²) in [6.07, 6.45) is 0.765. The lowest BCUT2D eigenvalue weighted by Gasteiger charge is -2.13. The van der Waals surface area contributed by atoms with Gasteiger partial charge in [0.2, 0.25) is 5.91 Å². The normalized spacial score (nSPS) is 15.3. The maximum Gasteiger partial charge on any atom is 0.268 e. The van der Waals surface area contributed by atoms with Crippen LogP contribution in [0.25, 0.3) is 0 Å². The first-order valence-corrected chi connectivity index (χ1v) is 10.7. The number of aromatic nitrogens is 2. The maximum atomic E-state index is 12.9. The molecule has 1 aliphatic rings. The van der Waals surface area contributed by atoms with E-state index in [0.29, 0.717) is 39.9 Å². The van der Waals surface area contributed by atoms with Crippen molar-refractivity contribution in [3.05, 3.63) is 40.3 Å². The van der Waals surface area contributed by atoms with E-state index in [1.54, 1.807) is 42.7 Å². The smallest absolute Gasteiger partial charge is 0.268 e. The molecule has 1 atom stereocenters. The Labute approximate surface area is 172 Å². The topological polar surface area (TPSA) is 82.4 Å². The highest BCUT2D eigenvalue weighted by atomic mass is 32.2. The molecule has 1 aromatic heterocycles. The molecule has 0 saturated heterocycles. The van der Waals surface area contributed by atoms with Crippen molar-refractivity contribution in [1.82, 2.24) is 9.55 Å². The first-order valence-electron chi connectivity index (χ1n) is 8.88. The van der Waals surface area contributed by atoms with Crippen molar-refractivity contribution >= 4 is 35.1 Å². The van der Waals surface area contributed by atoms with E-state index in [1.165, 1.54) is 11.8 Å². The summed E-state index contributed by atoms with van der Waals surface area (Å²) in [7, 11) is 3.15. The lowest BCUT2D eigenvalue weighted by atomic mass is 10.2. The van der Waals surface area contributed by atoms with E-state index < -0.39 is 0 Å². The number of fused-ring (bicyclic) bond motifs is 1. The molecule has 2 aromatic rings. The van der Waals surface area contributed by atoms with Gasteiger partial charge < -0.3 is 14.8 Å². The average Bonchev–Trinajstić information content (AvgIpc) is 3.07. The van der Waals surface area contributed by atoms with Crippen LogP contribution in [0.15, 0.2) is 39.1 Å². The Bertz CT molecular complexity index is 917. The Morgan fingerprint density at radius 1 is 1.39 bits per heavy atom. The maximum absolute atomic E-state index is 12.9. The Morgan fingerprint density at radius 3 is 2.93 bits per heavy atom. The minimum absolute atomic E-state index is 0.0518. The van der Waals surface area contributed by atoms with Gasteiger partial charge in [-0.3, -0.25) is 14.2 Å². The van der Waals surface area contributed by atoms with Crippen molar-refractivity contribution in [1.29, 1.82) is 0 Å². The average molecular weight is 422 g/mol. The van der Waals surface area contributed by atoms with Crippen LogP contribution in [0.3, 0.4) is 0 Å². The fourth-order valence-corrected chi connectivity index (χ4v) is 4.84. The van der Waals surface area contributed by atoms with Crippen molar-refractivity contribution in [3.63, 3.8) is 0 Å². The number of methoxy groups -OCH3 is 2. The number of benzene rings is 1. The number of nitrogens with one attached hydrogen (secondary N) is 1. The molecular formula is C19H23N3O4S2. The summed E-state index contributed by atoms with van der Waals surface area (Å²) in [5.74, 6) is 0.545. The molecule has 0 radical (unpaired) electrons. The highest BCUT2D eigenvalue weighted by Gasteiger charge is 2.26. The van der Waals surface area contributed by atoms with Crippen LogP contribution in [0.4, 0.5) is 5.69 Å². The highest BCUT2D eigenvalue weighted by Crippen LogP contribution is 2.34. The molecule has 150 valence electrons. The molecule has 9 heteroatoms. The SMILES string of the molecule is COCCn1c(SCC(=O)Nc2ccccc2OC)nc2c(c1=O)SC(C)C2. The summed E-state index contributed by atoms with van der Waals surface area (Å²) < 4.78 is 12.0. The van der Waals surface area contributed by atoms with Gasteiger partial charge in [-0.25, -0.2) is 4.98 Å². The molecule has 0 fully saturated rings. The number of hydrogen-bond acceptors (Lipinski definition) is 7. The Balaban J connectivity index is 1.76. The van der Waals surface area contributed by atoms with Crippen LogP contribution in [0.2, 0.25) is 0 Å². The molecule has 0 bridgehead atoms. The Hall–Kier alpha value is -1.97. The highest BCUT2D eigenvalue weighted by molar-refractivity contribution is 8.00. The number of thioether (sulfide) groups is 2. The predicted octanol–water partition coefficient (Wildman–Crippen LogP) is 2.67. The minimum Gasteiger partial charge on any atom is -0.495 e. The summed E-state index contributed by atoms with van der Waals surface area (Å²) in [6, 6.07) is 7.23. The van der Waals surface area contributed by atoms with Crippen molar-refractivity contribution in [3.8, 4) is 5.75 Å².